The van der Waals surface area contributed by atoms with E-state index < -0.39 is 0 Å². The first kappa shape index (κ1) is 11.2. The molecular formula is C14H20N2. The highest BCUT2D eigenvalue weighted by Gasteiger charge is 2.11. The van der Waals surface area contributed by atoms with Crippen LogP contribution >= 0.6 is 0 Å². The molecule has 0 aliphatic carbocycles. The van der Waals surface area contributed by atoms with Crippen LogP contribution in [0.15, 0.2) is 18.2 Å². The standard InChI is InChI=1S/C14H20N2/c1-4-16-11(3)12(7-8-15)13-6-5-10(2)9-14(13)16/h5-6,9H,4,7-8,15H2,1-3H3. The lowest BCUT2D eigenvalue weighted by molar-refractivity contribution is 0.760. The first-order valence-electron chi connectivity index (χ1n) is 5.97. The molecule has 2 heteroatoms. The van der Waals surface area contributed by atoms with Crippen LogP contribution in [-0.2, 0) is 13.0 Å². The highest BCUT2D eigenvalue weighted by Crippen LogP contribution is 2.27. The van der Waals surface area contributed by atoms with E-state index in [1.165, 1.54) is 27.7 Å². The summed E-state index contributed by atoms with van der Waals surface area (Å²) in [6.07, 6.45) is 0.971. The number of fused-ring (bicyclic) bond motifs is 1. The SMILES string of the molecule is CCn1c(C)c(CCN)c2ccc(C)cc21. The number of hydrogen-bond acceptors (Lipinski definition) is 1. The van der Waals surface area contributed by atoms with Gasteiger partial charge in [0.2, 0.25) is 0 Å². The summed E-state index contributed by atoms with van der Waals surface area (Å²) in [5, 5.41) is 1.37. The number of benzene rings is 1. The third-order valence-electron chi connectivity index (χ3n) is 3.32. The number of hydrogen-bond donors (Lipinski definition) is 1. The molecule has 86 valence electrons. The average Bonchev–Trinajstić information content (AvgIpc) is 2.52. The smallest absolute Gasteiger partial charge is 0.0487 e. The van der Waals surface area contributed by atoms with Crippen LogP contribution in [0.1, 0.15) is 23.7 Å². The molecule has 0 spiro atoms. The van der Waals surface area contributed by atoms with E-state index in [1.54, 1.807) is 0 Å². The largest absolute Gasteiger partial charge is 0.345 e. The van der Waals surface area contributed by atoms with Gasteiger partial charge in [0.05, 0.1) is 0 Å². The Morgan fingerprint density at radius 2 is 2.00 bits per heavy atom. The van der Waals surface area contributed by atoms with Crippen LogP contribution in [0.2, 0.25) is 0 Å². The van der Waals surface area contributed by atoms with Crippen LogP contribution in [-0.4, -0.2) is 11.1 Å². The highest BCUT2D eigenvalue weighted by atomic mass is 15.0. The van der Waals surface area contributed by atoms with E-state index >= 15 is 0 Å². The molecule has 1 heterocycles. The van der Waals surface area contributed by atoms with Crippen molar-refractivity contribution < 1.29 is 0 Å². The Kier molecular flexibility index (Phi) is 3.01. The molecule has 0 amide bonds. The van der Waals surface area contributed by atoms with Gasteiger partial charge < -0.3 is 10.3 Å². The Labute approximate surface area is 97.1 Å². The molecule has 0 unspecified atom stereocenters. The van der Waals surface area contributed by atoms with Crippen molar-refractivity contribution in [2.24, 2.45) is 5.73 Å². The molecule has 0 saturated heterocycles. The lowest BCUT2D eigenvalue weighted by Crippen LogP contribution is -2.04. The number of nitrogens with two attached hydrogens (primary N) is 1. The fourth-order valence-electron chi connectivity index (χ4n) is 2.53. The first-order valence-corrected chi connectivity index (χ1v) is 5.97. The van der Waals surface area contributed by atoms with Crippen LogP contribution in [0, 0.1) is 13.8 Å². The second-order valence-corrected chi connectivity index (χ2v) is 4.37. The van der Waals surface area contributed by atoms with Gasteiger partial charge in [-0.05, 0) is 50.9 Å². The van der Waals surface area contributed by atoms with Crippen molar-refractivity contribution in [3.8, 4) is 0 Å². The van der Waals surface area contributed by atoms with Crippen molar-refractivity contribution in [3.63, 3.8) is 0 Å². The summed E-state index contributed by atoms with van der Waals surface area (Å²) in [5.74, 6) is 0. The normalized spacial score (nSPS) is 11.2. The zero-order chi connectivity index (χ0) is 11.7. The molecule has 1 aromatic carbocycles. The van der Waals surface area contributed by atoms with E-state index in [9.17, 15) is 0 Å². The Morgan fingerprint density at radius 3 is 2.62 bits per heavy atom. The second kappa shape index (κ2) is 4.30. The zero-order valence-electron chi connectivity index (χ0n) is 10.4. The van der Waals surface area contributed by atoms with Gasteiger partial charge in [0.15, 0.2) is 0 Å². The van der Waals surface area contributed by atoms with Crippen LogP contribution in [0.3, 0.4) is 0 Å². The van der Waals surface area contributed by atoms with Gasteiger partial charge in [0, 0.05) is 23.1 Å². The van der Waals surface area contributed by atoms with E-state index in [0.29, 0.717) is 0 Å². The molecule has 0 fully saturated rings. The number of aromatic nitrogens is 1. The monoisotopic (exact) mass is 216 g/mol. The molecule has 0 atom stereocenters. The Bertz CT molecular complexity index is 509. The molecule has 16 heavy (non-hydrogen) atoms. The fourth-order valence-corrected chi connectivity index (χ4v) is 2.53. The molecule has 2 rings (SSSR count). The van der Waals surface area contributed by atoms with Crippen LogP contribution in [0.4, 0.5) is 0 Å². The first-order chi connectivity index (χ1) is 7.69. The average molecular weight is 216 g/mol. The molecule has 0 bridgehead atoms. The van der Waals surface area contributed by atoms with Crippen molar-refractivity contribution in [1.82, 2.24) is 4.57 Å². The second-order valence-electron chi connectivity index (χ2n) is 4.37. The van der Waals surface area contributed by atoms with Gasteiger partial charge in [-0.1, -0.05) is 12.1 Å². The van der Waals surface area contributed by atoms with Gasteiger partial charge in [-0.25, -0.2) is 0 Å². The van der Waals surface area contributed by atoms with Gasteiger partial charge in [-0.2, -0.15) is 0 Å². The van der Waals surface area contributed by atoms with Crippen molar-refractivity contribution in [3.05, 3.63) is 35.0 Å². The number of rotatable bonds is 3. The fraction of sp³-hybridized carbons (Fsp3) is 0.429. The van der Waals surface area contributed by atoms with Crippen molar-refractivity contribution in [2.75, 3.05) is 6.54 Å². The lowest BCUT2D eigenvalue weighted by atomic mass is 10.1. The highest BCUT2D eigenvalue weighted by molar-refractivity contribution is 5.86. The predicted molar refractivity (Wildman–Crippen MR) is 69.8 cm³/mol. The minimum absolute atomic E-state index is 0.720. The lowest BCUT2D eigenvalue weighted by Gasteiger charge is -2.04. The minimum Gasteiger partial charge on any atom is -0.345 e. The Balaban J connectivity index is 2.75. The summed E-state index contributed by atoms with van der Waals surface area (Å²) in [6.45, 7) is 8.28. The molecule has 2 aromatic rings. The van der Waals surface area contributed by atoms with Crippen molar-refractivity contribution in [1.29, 1.82) is 0 Å². The summed E-state index contributed by atoms with van der Waals surface area (Å²) in [7, 11) is 0. The van der Waals surface area contributed by atoms with Crippen molar-refractivity contribution >= 4 is 10.9 Å². The topological polar surface area (TPSA) is 30.9 Å². The van der Waals surface area contributed by atoms with E-state index in [-0.39, 0.29) is 0 Å². The van der Waals surface area contributed by atoms with Gasteiger partial charge in [0.25, 0.3) is 0 Å². The minimum atomic E-state index is 0.720. The summed E-state index contributed by atoms with van der Waals surface area (Å²) in [4.78, 5) is 0. The quantitative estimate of drug-likeness (QED) is 0.840. The Hall–Kier alpha value is -1.28. The van der Waals surface area contributed by atoms with Crippen molar-refractivity contribution in [2.45, 2.75) is 33.7 Å². The summed E-state index contributed by atoms with van der Waals surface area (Å²) in [5.41, 5.74) is 11.1. The molecule has 2 N–H and O–H groups in total. The van der Waals surface area contributed by atoms with Crippen LogP contribution < -0.4 is 5.73 Å². The molecule has 0 aliphatic heterocycles. The molecule has 0 radical (unpaired) electrons. The number of aryl methyl sites for hydroxylation is 2. The third kappa shape index (κ3) is 1.63. The summed E-state index contributed by atoms with van der Waals surface area (Å²) < 4.78 is 2.38. The van der Waals surface area contributed by atoms with E-state index in [1.807, 2.05) is 0 Å². The molecular weight excluding hydrogens is 196 g/mol. The maximum atomic E-state index is 5.69. The van der Waals surface area contributed by atoms with Crippen LogP contribution in [0.5, 0.6) is 0 Å². The summed E-state index contributed by atoms with van der Waals surface area (Å²) in [6, 6.07) is 6.68. The van der Waals surface area contributed by atoms with Gasteiger partial charge >= 0.3 is 0 Å². The van der Waals surface area contributed by atoms with Crippen LogP contribution in [0.25, 0.3) is 10.9 Å². The van der Waals surface area contributed by atoms with E-state index in [0.717, 1.165) is 19.5 Å². The third-order valence-corrected chi connectivity index (χ3v) is 3.32. The maximum absolute atomic E-state index is 5.69. The Morgan fingerprint density at radius 1 is 1.25 bits per heavy atom. The zero-order valence-corrected chi connectivity index (χ0v) is 10.4. The van der Waals surface area contributed by atoms with E-state index in [4.69, 9.17) is 5.73 Å². The molecule has 1 aromatic heterocycles. The molecule has 0 saturated carbocycles. The van der Waals surface area contributed by atoms with E-state index in [2.05, 4.69) is 43.5 Å². The van der Waals surface area contributed by atoms with Gasteiger partial charge in [0.1, 0.15) is 0 Å². The number of nitrogens with zero attached hydrogens (tertiary/aromatic N) is 1. The summed E-state index contributed by atoms with van der Waals surface area (Å²) >= 11 is 0. The predicted octanol–water partition coefficient (Wildman–Crippen LogP) is 2.78. The van der Waals surface area contributed by atoms with Gasteiger partial charge in [-0.15, -0.1) is 0 Å². The van der Waals surface area contributed by atoms with Gasteiger partial charge in [-0.3, -0.25) is 0 Å². The maximum Gasteiger partial charge on any atom is 0.0487 e. The molecule has 2 nitrogen and oxygen atoms in total. The molecule has 0 aliphatic rings.